The maximum atomic E-state index is 13.7. The van der Waals surface area contributed by atoms with Crippen molar-refractivity contribution >= 4 is 11.8 Å². The fourth-order valence-electron chi connectivity index (χ4n) is 1.66. The molecule has 2 aromatic rings. The zero-order valence-corrected chi connectivity index (χ0v) is 10.4. The lowest BCUT2D eigenvalue weighted by Gasteiger charge is -2.13. The second kappa shape index (κ2) is 5.34. The molecule has 3 heteroatoms. The van der Waals surface area contributed by atoms with Gasteiger partial charge < -0.3 is 5.73 Å². The standard InChI is InChI=1S/C14H14FNS/c1-10(16)14-12(15)8-5-9-13(14)17-11-6-3-2-4-7-11/h2-10H,16H2,1H3. The molecule has 0 bridgehead atoms. The van der Waals surface area contributed by atoms with Crippen LogP contribution in [0.4, 0.5) is 4.39 Å². The lowest BCUT2D eigenvalue weighted by Crippen LogP contribution is -2.08. The first-order chi connectivity index (χ1) is 8.18. The minimum atomic E-state index is -0.303. The van der Waals surface area contributed by atoms with Gasteiger partial charge in [-0.3, -0.25) is 0 Å². The molecule has 0 spiro atoms. The molecule has 1 unspecified atom stereocenters. The van der Waals surface area contributed by atoms with Gasteiger partial charge >= 0.3 is 0 Å². The highest BCUT2D eigenvalue weighted by Crippen LogP contribution is 2.33. The predicted octanol–water partition coefficient (Wildman–Crippen LogP) is 4.00. The highest BCUT2D eigenvalue weighted by atomic mass is 32.2. The van der Waals surface area contributed by atoms with Gasteiger partial charge in [0, 0.05) is 21.4 Å². The van der Waals surface area contributed by atoms with Crippen LogP contribution < -0.4 is 5.73 Å². The first-order valence-corrected chi connectivity index (χ1v) is 6.27. The van der Waals surface area contributed by atoms with Crippen LogP contribution in [0.1, 0.15) is 18.5 Å². The number of hydrogen-bond donors (Lipinski definition) is 1. The van der Waals surface area contributed by atoms with Crippen molar-refractivity contribution in [2.75, 3.05) is 0 Å². The van der Waals surface area contributed by atoms with Gasteiger partial charge in [-0.05, 0) is 31.2 Å². The Morgan fingerprint density at radius 3 is 2.41 bits per heavy atom. The van der Waals surface area contributed by atoms with E-state index >= 15 is 0 Å². The number of halogens is 1. The Morgan fingerprint density at radius 1 is 1.06 bits per heavy atom. The normalized spacial score (nSPS) is 12.4. The van der Waals surface area contributed by atoms with Crippen molar-refractivity contribution in [2.45, 2.75) is 22.8 Å². The summed E-state index contributed by atoms with van der Waals surface area (Å²) in [7, 11) is 0. The fraction of sp³-hybridized carbons (Fsp3) is 0.143. The molecule has 17 heavy (non-hydrogen) atoms. The first kappa shape index (κ1) is 12.1. The van der Waals surface area contributed by atoms with Gasteiger partial charge in [0.05, 0.1) is 0 Å². The van der Waals surface area contributed by atoms with Gasteiger partial charge in [0.15, 0.2) is 0 Å². The van der Waals surface area contributed by atoms with Crippen LogP contribution in [0.3, 0.4) is 0 Å². The van der Waals surface area contributed by atoms with E-state index in [2.05, 4.69) is 0 Å². The fourth-order valence-corrected chi connectivity index (χ4v) is 2.75. The van der Waals surface area contributed by atoms with E-state index in [9.17, 15) is 4.39 Å². The third kappa shape index (κ3) is 2.87. The summed E-state index contributed by atoms with van der Waals surface area (Å²) in [5.41, 5.74) is 6.40. The highest BCUT2D eigenvalue weighted by Gasteiger charge is 2.13. The van der Waals surface area contributed by atoms with Crippen LogP contribution in [0.5, 0.6) is 0 Å². The molecule has 0 aliphatic heterocycles. The van der Waals surface area contributed by atoms with Crippen LogP contribution in [0.25, 0.3) is 0 Å². The third-order valence-corrected chi connectivity index (χ3v) is 3.52. The average molecular weight is 247 g/mol. The smallest absolute Gasteiger partial charge is 0.129 e. The van der Waals surface area contributed by atoms with Crippen LogP contribution in [0, 0.1) is 5.82 Å². The van der Waals surface area contributed by atoms with E-state index in [-0.39, 0.29) is 11.9 Å². The minimum absolute atomic E-state index is 0.235. The van der Waals surface area contributed by atoms with Crippen LogP contribution in [0.15, 0.2) is 58.3 Å². The number of rotatable bonds is 3. The van der Waals surface area contributed by atoms with E-state index in [1.165, 1.54) is 17.8 Å². The van der Waals surface area contributed by atoms with E-state index in [0.717, 1.165) is 9.79 Å². The second-order valence-electron chi connectivity index (χ2n) is 3.86. The molecule has 2 N–H and O–H groups in total. The zero-order chi connectivity index (χ0) is 12.3. The summed E-state index contributed by atoms with van der Waals surface area (Å²) >= 11 is 1.54. The minimum Gasteiger partial charge on any atom is -0.324 e. The third-order valence-electron chi connectivity index (χ3n) is 2.44. The Bertz CT molecular complexity index is 497. The maximum absolute atomic E-state index is 13.7. The molecular weight excluding hydrogens is 233 g/mol. The SMILES string of the molecule is CC(N)c1c(F)cccc1Sc1ccccc1. The number of benzene rings is 2. The van der Waals surface area contributed by atoms with Crippen LogP contribution >= 0.6 is 11.8 Å². The Kier molecular flexibility index (Phi) is 3.82. The van der Waals surface area contributed by atoms with E-state index in [0.29, 0.717) is 5.56 Å². The molecule has 0 fully saturated rings. The lowest BCUT2D eigenvalue weighted by atomic mass is 10.1. The Balaban J connectivity index is 2.36. The van der Waals surface area contributed by atoms with Crippen LogP contribution in [0.2, 0.25) is 0 Å². The van der Waals surface area contributed by atoms with Crippen molar-refractivity contribution in [3.63, 3.8) is 0 Å². The molecule has 0 amide bonds. The summed E-state index contributed by atoms with van der Waals surface area (Å²) in [6.07, 6.45) is 0. The van der Waals surface area contributed by atoms with Crippen LogP contribution in [-0.4, -0.2) is 0 Å². The van der Waals surface area contributed by atoms with Crippen molar-refractivity contribution in [1.29, 1.82) is 0 Å². The van der Waals surface area contributed by atoms with E-state index in [4.69, 9.17) is 5.73 Å². The van der Waals surface area contributed by atoms with Crippen LogP contribution in [-0.2, 0) is 0 Å². The molecule has 2 rings (SSSR count). The van der Waals surface area contributed by atoms with Gasteiger partial charge in [-0.25, -0.2) is 4.39 Å². The van der Waals surface area contributed by atoms with Crippen molar-refractivity contribution < 1.29 is 4.39 Å². The van der Waals surface area contributed by atoms with Gasteiger partial charge in [0.1, 0.15) is 5.82 Å². The Labute approximate surface area is 105 Å². The van der Waals surface area contributed by atoms with Crippen molar-refractivity contribution in [3.8, 4) is 0 Å². The summed E-state index contributed by atoms with van der Waals surface area (Å²) in [6.45, 7) is 1.80. The molecule has 0 aliphatic carbocycles. The molecule has 0 saturated carbocycles. The molecule has 0 aromatic heterocycles. The summed E-state index contributed by atoms with van der Waals surface area (Å²) in [4.78, 5) is 1.96. The predicted molar refractivity (Wildman–Crippen MR) is 69.6 cm³/mol. The van der Waals surface area contributed by atoms with E-state index in [1.807, 2.05) is 36.4 Å². The van der Waals surface area contributed by atoms with E-state index < -0.39 is 0 Å². The maximum Gasteiger partial charge on any atom is 0.129 e. The molecule has 0 saturated heterocycles. The van der Waals surface area contributed by atoms with Gasteiger partial charge in [0.2, 0.25) is 0 Å². The Hall–Kier alpha value is -1.32. The van der Waals surface area contributed by atoms with Gasteiger partial charge in [-0.1, -0.05) is 36.0 Å². The number of hydrogen-bond acceptors (Lipinski definition) is 2. The topological polar surface area (TPSA) is 26.0 Å². The zero-order valence-electron chi connectivity index (χ0n) is 9.56. The van der Waals surface area contributed by atoms with Gasteiger partial charge in [-0.15, -0.1) is 0 Å². The first-order valence-electron chi connectivity index (χ1n) is 5.45. The average Bonchev–Trinajstić information content (AvgIpc) is 2.30. The van der Waals surface area contributed by atoms with Crippen molar-refractivity contribution in [3.05, 3.63) is 59.9 Å². The van der Waals surface area contributed by atoms with Crippen molar-refractivity contribution in [1.82, 2.24) is 0 Å². The number of nitrogens with two attached hydrogens (primary N) is 1. The molecule has 0 heterocycles. The summed E-state index contributed by atoms with van der Waals surface area (Å²) in [5.74, 6) is -0.235. The van der Waals surface area contributed by atoms with E-state index in [1.54, 1.807) is 13.0 Å². The lowest BCUT2D eigenvalue weighted by molar-refractivity contribution is 0.585. The van der Waals surface area contributed by atoms with Gasteiger partial charge in [-0.2, -0.15) is 0 Å². The summed E-state index contributed by atoms with van der Waals surface area (Å²) in [6, 6.07) is 14.7. The largest absolute Gasteiger partial charge is 0.324 e. The highest BCUT2D eigenvalue weighted by molar-refractivity contribution is 7.99. The molecule has 2 aromatic carbocycles. The molecular formula is C14H14FNS. The molecule has 1 nitrogen and oxygen atoms in total. The van der Waals surface area contributed by atoms with Gasteiger partial charge in [0.25, 0.3) is 0 Å². The molecule has 0 radical (unpaired) electrons. The summed E-state index contributed by atoms with van der Waals surface area (Å²) in [5, 5.41) is 0. The quantitative estimate of drug-likeness (QED) is 0.887. The molecule has 0 aliphatic rings. The molecule has 1 atom stereocenters. The monoisotopic (exact) mass is 247 g/mol. The molecule has 88 valence electrons. The second-order valence-corrected chi connectivity index (χ2v) is 4.97. The Morgan fingerprint density at radius 2 is 1.76 bits per heavy atom. The summed E-state index contributed by atoms with van der Waals surface area (Å²) < 4.78 is 13.7. The van der Waals surface area contributed by atoms with Crippen molar-refractivity contribution in [2.24, 2.45) is 5.73 Å².